The summed E-state index contributed by atoms with van der Waals surface area (Å²) in [4.78, 5) is 78.2. The molecule has 1 fully saturated rings. The van der Waals surface area contributed by atoms with Crippen LogP contribution < -0.4 is 21.3 Å². The Labute approximate surface area is 199 Å². The van der Waals surface area contributed by atoms with Gasteiger partial charge >= 0.3 is 17.9 Å². The van der Waals surface area contributed by atoms with Crippen molar-refractivity contribution >= 4 is 35.6 Å². The molecule has 0 spiro atoms. The molecule has 0 saturated carbocycles. The summed E-state index contributed by atoms with van der Waals surface area (Å²) in [7, 11) is 0. The summed E-state index contributed by atoms with van der Waals surface area (Å²) < 4.78 is 0. The summed E-state index contributed by atoms with van der Waals surface area (Å²) in [5.74, 6) is -6.56. The average Bonchev–Trinajstić information content (AvgIpc) is 3.49. The van der Waals surface area contributed by atoms with Gasteiger partial charge in [0.25, 0.3) is 0 Å². The molecule has 3 amide bonds. The van der Waals surface area contributed by atoms with E-state index in [0.29, 0.717) is 18.7 Å². The number of rotatable bonds is 14. The van der Waals surface area contributed by atoms with Crippen molar-refractivity contribution in [2.75, 3.05) is 6.54 Å². The van der Waals surface area contributed by atoms with Gasteiger partial charge in [0.1, 0.15) is 18.1 Å². The van der Waals surface area contributed by atoms with E-state index in [-0.39, 0.29) is 12.8 Å². The first-order valence-corrected chi connectivity index (χ1v) is 10.8. The number of hydrogen-bond acceptors (Lipinski definition) is 8. The van der Waals surface area contributed by atoms with Crippen LogP contribution in [0.4, 0.5) is 0 Å². The number of carbonyl (C=O) groups excluding carboxylic acids is 3. The van der Waals surface area contributed by atoms with Crippen LogP contribution in [0.25, 0.3) is 0 Å². The lowest BCUT2D eigenvalue weighted by atomic mass is 10.1. The van der Waals surface area contributed by atoms with Crippen LogP contribution in [0.3, 0.4) is 0 Å². The van der Waals surface area contributed by atoms with Gasteiger partial charge in [0.15, 0.2) is 0 Å². The van der Waals surface area contributed by atoms with Crippen LogP contribution in [-0.4, -0.2) is 91.6 Å². The zero-order valence-corrected chi connectivity index (χ0v) is 18.7. The zero-order valence-electron chi connectivity index (χ0n) is 18.7. The van der Waals surface area contributed by atoms with Crippen molar-refractivity contribution in [2.45, 2.75) is 62.7 Å². The molecule has 1 aromatic heterocycles. The maximum atomic E-state index is 13.0. The normalized spacial score (nSPS) is 17.5. The first-order chi connectivity index (χ1) is 16.6. The van der Waals surface area contributed by atoms with Gasteiger partial charge in [0.2, 0.25) is 17.7 Å². The van der Waals surface area contributed by atoms with Gasteiger partial charge in [-0.3, -0.25) is 24.0 Å². The first kappa shape index (κ1) is 27.2. The van der Waals surface area contributed by atoms with Crippen molar-refractivity contribution in [3.63, 3.8) is 0 Å². The third kappa shape index (κ3) is 9.04. The van der Waals surface area contributed by atoms with Crippen molar-refractivity contribution in [1.29, 1.82) is 0 Å². The summed E-state index contributed by atoms with van der Waals surface area (Å²) in [5, 5.41) is 37.1. The minimum Gasteiger partial charge on any atom is -0.481 e. The highest BCUT2D eigenvalue weighted by Crippen LogP contribution is 2.08. The molecule has 15 heteroatoms. The van der Waals surface area contributed by atoms with Crippen molar-refractivity contribution < 1.29 is 44.1 Å². The Bertz CT molecular complexity index is 930. The molecule has 1 aliphatic rings. The van der Waals surface area contributed by atoms with Crippen molar-refractivity contribution in [1.82, 2.24) is 31.2 Å². The SMILES string of the molecule is O=C(O)CCC(NC(=O)C1CCCN1)C(=O)NC(Cc1cnc[nH]1)C(=O)NC(CC(=O)O)C(=O)O. The van der Waals surface area contributed by atoms with Gasteiger partial charge in [0, 0.05) is 24.7 Å². The minimum atomic E-state index is -1.75. The van der Waals surface area contributed by atoms with Crippen LogP contribution in [-0.2, 0) is 35.2 Å². The van der Waals surface area contributed by atoms with Gasteiger partial charge in [0.05, 0.1) is 18.8 Å². The number of H-pyrrole nitrogens is 1. The second kappa shape index (κ2) is 13.0. The molecule has 192 valence electrons. The molecule has 1 aliphatic heterocycles. The topological polar surface area (TPSA) is 240 Å². The zero-order chi connectivity index (χ0) is 26.0. The third-order valence-electron chi connectivity index (χ3n) is 5.26. The molecule has 0 aromatic carbocycles. The van der Waals surface area contributed by atoms with E-state index in [2.05, 4.69) is 31.2 Å². The second-order valence-corrected chi connectivity index (χ2v) is 7.98. The molecule has 8 N–H and O–H groups in total. The van der Waals surface area contributed by atoms with Crippen molar-refractivity contribution in [3.8, 4) is 0 Å². The predicted octanol–water partition coefficient (Wildman–Crippen LogP) is -2.42. The van der Waals surface area contributed by atoms with Crippen molar-refractivity contribution in [2.24, 2.45) is 0 Å². The molecule has 2 heterocycles. The number of carboxylic acid groups (broad SMARTS) is 3. The largest absolute Gasteiger partial charge is 0.481 e. The van der Waals surface area contributed by atoms with E-state index in [0.717, 1.165) is 6.42 Å². The number of aliphatic carboxylic acids is 3. The van der Waals surface area contributed by atoms with E-state index >= 15 is 0 Å². The molecule has 0 radical (unpaired) electrons. The van der Waals surface area contributed by atoms with Gasteiger partial charge in [-0.1, -0.05) is 0 Å². The number of carboxylic acids is 3. The number of amides is 3. The fraction of sp³-hybridized carbons (Fsp3) is 0.550. The fourth-order valence-corrected chi connectivity index (χ4v) is 3.46. The smallest absolute Gasteiger partial charge is 0.326 e. The Morgan fingerprint density at radius 3 is 2.20 bits per heavy atom. The quantitative estimate of drug-likeness (QED) is 0.135. The number of hydrogen-bond donors (Lipinski definition) is 8. The van der Waals surface area contributed by atoms with Gasteiger partial charge in [-0.05, 0) is 25.8 Å². The maximum absolute atomic E-state index is 13.0. The number of nitrogens with one attached hydrogen (secondary N) is 5. The summed E-state index contributed by atoms with van der Waals surface area (Å²) in [6.07, 6.45) is 2.25. The first-order valence-electron chi connectivity index (χ1n) is 10.8. The molecule has 0 aliphatic carbocycles. The van der Waals surface area contributed by atoms with E-state index in [1.165, 1.54) is 12.5 Å². The Morgan fingerprint density at radius 1 is 0.971 bits per heavy atom. The molecule has 1 saturated heterocycles. The summed E-state index contributed by atoms with van der Waals surface area (Å²) in [6, 6.07) is -4.96. The molecule has 35 heavy (non-hydrogen) atoms. The van der Waals surface area contributed by atoms with Crippen LogP contribution in [0.2, 0.25) is 0 Å². The molecule has 4 atom stereocenters. The van der Waals surface area contributed by atoms with Gasteiger partial charge in [-0.25, -0.2) is 9.78 Å². The minimum absolute atomic E-state index is 0.166. The lowest BCUT2D eigenvalue weighted by molar-refractivity contribution is -0.147. The predicted molar refractivity (Wildman–Crippen MR) is 116 cm³/mol. The van der Waals surface area contributed by atoms with Crippen molar-refractivity contribution in [3.05, 3.63) is 18.2 Å². The Morgan fingerprint density at radius 2 is 1.66 bits per heavy atom. The molecule has 1 aromatic rings. The van der Waals surface area contributed by atoms with Crippen LogP contribution in [0.15, 0.2) is 12.5 Å². The number of nitrogens with zero attached hydrogens (tertiary/aromatic N) is 1. The Balaban J connectivity index is 2.17. The molecule has 15 nitrogen and oxygen atoms in total. The summed E-state index contributed by atoms with van der Waals surface area (Å²) in [5.41, 5.74) is 0.400. The lowest BCUT2D eigenvalue weighted by Gasteiger charge is -2.24. The monoisotopic (exact) mass is 496 g/mol. The maximum Gasteiger partial charge on any atom is 0.326 e. The molecule has 4 unspecified atom stereocenters. The highest BCUT2D eigenvalue weighted by molar-refractivity contribution is 5.95. The highest BCUT2D eigenvalue weighted by Gasteiger charge is 2.32. The van der Waals surface area contributed by atoms with Crippen LogP contribution in [0, 0.1) is 0 Å². The Kier molecular flexibility index (Phi) is 10.1. The van der Waals surface area contributed by atoms with Crippen LogP contribution in [0.1, 0.15) is 37.8 Å². The molecule has 0 bridgehead atoms. The Hall–Kier alpha value is -4.01. The third-order valence-corrected chi connectivity index (χ3v) is 5.26. The summed E-state index contributed by atoms with van der Waals surface area (Å²) in [6.45, 7) is 0.623. The van der Waals surface area contributed by atoms with Crippen LogP contribution in [0.5, 0.6) is 0 Å². The van der Waals surface area contributed by atoms with E-state index in [4.69, 9.17) is 10.2 Å². The van der Waals surface area contributed by atoms with Gasteiger partial charge in [-0.15, -0.1) is 0 Å². The molecular formula is C20H28N6O9. The number of aromatic nitrogens is 2. The van der Waals surface area contributed by atoms with E-state index in [1.807, 2.05) is 0 Å². The standard InChI is InChI=1S/C20H28N6O9/c27-15(28)4-3-12(24-17(31)11-2-1-5-22-11)18(32)25-13(6-10-8-21-9-23-10)19(33)26-14(20(34)35)7-16(29)30/h8-9,11-14,22H,1-7H2,(H,21,23)(H,24,31)(H,25,32)(H,26,33)(H,27,28)(H,29,30)(H,34,35). The second-order valence-electron chi connectivity index (χ2n) is 7.98. The summed E-state index contributed by atoms with van der Waals surface area (Å²) >= 11 is 0. The number of aromatic amines is 1. The van der Waals surface area contributed by atoms with E-state index < -0.39 is 72.6 Å². The molecular weight excluding hydrogens is 468 g/mol. The van der Waals surface area contributed by atoms with E-state index in [9.17, 15) is 33.9 Å². The fourth-order valence-electron chi connectivity index (χ4n) is 3.46. The lowest BCUT2D eigenvalue weighted by Crippen LogP contribution is -2.57. The number of carbonyl (C=O) groups is 6. The van der Waals surface area contributed by atoms with Gasteiger partial charge in [-0.2, -0.15) is 0 Å². The average molecular weight is 496 g/mol. The molecule has 2 rings (SSSR count). The number of imidazole rings is 1. The van der Waals surface area contributed by atoms with Gasteiger partial charge < -0.3 is 41.6 Å². The van der Waals surface area contributed by atoms with Crippen LogP contribution >= 0.6 is 0 Å². The highest BCUT2D eigenvalue weighted by atomic mass is 16.4. The van der Waals surface area contributed by atoms with E-state index in [1.54, 1.807) is 0 Å².